The molecule has 0 aromatic rings. The van der Waals surface area contributed by atoms with Gasteiger partial charge in [0.15, 0.2) is 0 Å². The molecule has 0 bridgehead atoms. The smallest absolute Gasteiger partial charge is 0.0695 e. The van der Waals surface area contributed by atoms with Crippen LogP contribution in [-0.2, 0) is 0 Å². The van der Waals surface area contributed by atoms with E-state index in [0.29, 0.717) is 12.0 Å². The number of nitrogens with zero attached hydrogens (tertiary/aromatic N) is 1. The largest absolute Gasteiger partial charge is 0.393 e. The third-order valence-corrected chi connectivity index (χ3v) is 4.27. The first-order chi connectivity index (χ1) is 7.66. The lowest BCUT2D eigenvalue weighted by atomic mass is 9.82. The van der Waals surface area contributed by atoms with Crippen molar-refractivity contribution in [2.75, 3.05) is 13.6 Å². The van der Waals surface area contributed by atoms with Crippen LogP contribution in [0.1, 0.15) is 44.9 Å². The predicted octanol–water partition coefficient (Wildman–Crippen LogP) is 1.38. The van der Waals surface area contributed by atoms with E-state index < -0.39 is 0 Å². The van der Waals surface area contributed by atoms with Crippen LogP contribution in [0.5, 0.6) is 0 Å². The van der Waals surface area contributed by atoms with Gasteiger partial charge >= 0.3 is 0 Å². The second-order valence-electron chi connectivity index (χ2n) is 5.70. The number of hydrogen-bond acceptors (Lipinski definition) is 3. The van der Waals surface area contributed by atoms with Crippen molar-refractivity contribution in [3.8, 4) is 0 Å². The average Bonchev–Trinajstić information content (AvgIpc) is 2.40. The third-order valence-electron chi connectivity index (χ3n) is 4.27. The molecule has 0 heterocycles. The molecule has 2 unspecified atom stereocenters. The number of aliphatic hydroxyl groups excluding tert-OH is 2. The topological polar surface area (TPSA) is 43.7 Å². The lowest BCUT2D eigenvalue weighted by Crippen LogP contribution is -2.45. The van der Waals surface area contributed by atoms with Gasteiger partial charge in [-0.1, -0.05) is 19.3 Å². The Hall–Kier alpha value is -0.120. The van der Waals surface area contributed by atoms with E-state index >= 15 is 0 Å². The molecule has 2 saturated carbocycles. The van der Waals surface area contributed by atoms with Crippen molar-refractivity contribution < 1.29 is 10.2 Å². The summed E-state index contributed by atoms with van der Waals surface area (Å²) in [4.78, 5) is 2.33. The van der Waals surface area contributed by atoms with Crippen molar-refractivity contribution in [2.24, 2.45) is 5.92 Å². The van der Waals surface area contributed by atoms with Gasteiger partial charge in [0.05, 0.1) is 12.2 Å². The van der Waals surface area contributed by atoms with E-state index in [1.807, 2.05) is 0 Å². The molecule has 0 saturated heterocycles. The normalized spacial score (nSPS) is 40.5. The lowest BCUT2D eigenvalue weighted by Gasteiger charge is -2.38. The third kappa shape index (κ3) is 2.96. The Morgan fingerprint density at radius 1 is 1.06 bits per heavy atom. The summed E-state index contributed by atoms with van der Waals surface area (Å²) in [7, 11) is 2.13. The summed E-state index contributed by atoms with van der Waals surface area (Å²) in [5.41, 5.74) is 0. The van der Waals surface area contributed by atoms with Crippen molar-refractivity contribution in [3.05, 3.63) is 0 Å². The van der Waals surface area contributed by atoms with Gasteiger partial charge in [-0.3, -0.25) is 0 Å². The van der Waals surface area contributed by atoms with Gasteiger partial charge in [-0.05, 0) is 38.6 Å². The summed E-state index contributed by atoms with van der Waals surface area (Å²) in [6, 6.07) is 0.347. The molecular formula is C13H25NO2. The highest BCUT2D eigenvalue weighted by Crippen LogP contribution is 2.30. The van der Waals surface area contributed by atoms with Gasteiger partial charge in [-0.15, -0.1) is 0 Å². The highest BCUT2D eigenvalue weighted by molar-refractivity contribution is 4.85. The standard InChI is InChI=1S/C13H25NO2/c1-14(9-10-7-11(15)8-10)12-5-3-2-4-6-13(12)16/h10-13,15-16H,2-9H2,1H3. The molecule has 2 atom stereocenters. The number of rotatable bonds is 3. The number of likely N-dealkylation sites (N-methyl/N-ethyl adjacent to an activating group) is 1. The Kier molecular flexibility index (Phi) is 4.22. The molecule has 3 nitrogen and oxygen atoms in total. The van der Waals surface area contributed by atoms with Gasteiger partial charge in [-0.25, -0.2) is 0 Å². The molecule has 0 aromatic carbocycles. The highest BCUT2D eigenvalue weighted by Gasteiger charge is 2.31. The second-order valence-corrected chi connectivity index (χ2v) is 5.70. The fraction of sp³-hybridized carbons (Fsp3) is 1.00. The minimum Gasteiger partial charge on any atom is -0.393 e. The molecule has 16 heavy (non-hydrogen) atoms. The van der Waals surface area contributed by atoms with E-state index in [-0.39, 0.29) is 12.2 Å². The van der Waals surface area contributed by atoms with Crippen LogP contribution >= 0.6 is 0 Å². The Labute approximate surface area is 98.5 Å². The van der Waals surface area contributed by atoms with Gasteiger partial charge in [0, 0.05) is 12.6 Å². The lowest BCUT2D eigenvalue weighted by molar-refractivity contribution is 0.000845. The molecule has 94 valence electrons. The number of hydrogen-bond donors (Lipinski definition) is 2. The van der Waals surface area contributed by atoms with Gasteiger partial charge in [0.25, 0.3) is 0 Å². The molecule has 2 aliphatic rings. The van der Waals surface area contributed by atoms with Crippen LogP contribution in [-0.4, -0.2) is 47.0 Å². The van der Waals surface area contributed by atoms with Crippen LogP contribution in [0.25, 0.3) is 0 Å². The Morgan fingerprint density at radius 3 is 2.44 bits per heavy atom. The van der Waals surface area contributed by atoms with Gasteiger partial charge in [0.2, 0.25) is 0 Å². The van der Waals surface area contributed by atoms with Crippen LogP contribution in [0.4, 0.5) is 0 Å². The van der Waals surface area contributed by atoms with E-state index in [1.54, 1.807) is 0 Å². The maximum atomic E-state index is 10.1. The van der Waals surface area contributed by atoms with Crippen molar-refractivity contribution >= 4 is 0 Å². The molecule has 0 amide bonds. The Balaban J connectivity index is 1.79. The predicted molar refractivity (Wildman–Crippen MR) is 64.2 cm³/mol. The molecule has 2 N–H and O–H groups in total. The fourth-order valence-electron chi connectivity index (χ4n) is 3.17. The summed E-state index contributed by atoms with van der Waals surface area (Å²) >= 11 is 0. The second kappa shape index (κ2) is 5.48. The van der Waals surface area contributed by atoms with Gasteiger partial charge in [-0.2, -0.15) is 0 Å². The monoisotopic (exact) mass is 227 g/mol. The van der Waals surface area contributed by atoms with Crippen molar-refractivity contribution in [3.63, 3.8) is 0 Å². The van der Waals surface area contributed by atoms with Gasteiger partial charge < -0.3 is 15.1 Å². The molecule has 2 rings (SSSR count). The van der Waals surface area contributed by atoms with E-state index in [4.69, 9.17) is 0 Å². The molecule has 0 aromatic heterocycles. The summed E-state index contributed by atoms with van der Waals surface area (Å²) in [6.45, 7) is 1.04. The molecule has 0 aliphatic heterocycles. The van der Waals surface area contributed by atoms with E-state index in [2.05, 4.69) is 11.9 Å². The summed E-state index contributed by atoms with van der Waals surface area (Å²) in [6.07, 6.45) is 7.49. The molecule has 2 fully saturated rings. The van der Waals surface area contributed by atoms with Crippen molar-refractivity contribution in [1.29, 1.82) is 0 Å². The zero-order valence-electron chi connectivity index (χ0n) is 10.3. The van der Waals surface area contributed by atoms with Gasteiger partial charge in [0.1, 0.15) is 0 Å². The zero-order chi connectivity index (χ0) is 11.5. The van der Waals surface area contributed by atoms with Crippen LogP contribution in [0.15, 0.2) is 0 Å². The first-order valence-electron chi connectivity index (χ1n) is 6.73. The summed E-state index contributed by atoms with van der Waals surface area (Å²) < 4.78 is 0. The minimum atomic E-state index is -0.141. The minimum absolute atomic E-state index is 0.0579. The van der Waals surface area contributed by atoms with Crippen molar-refractivity contribution in [2.45, 2.75) is 63.2 Å². The summed E-state index contributed by atoms with van der Waals surface area (Å²) in [5.74, 6) is 0.649. The molecule has 2 aliphatic carbocycles. The average molecular weight is 227 g/mol. The molecule has 0 radical (unpaired) electrons. The van der Waals surface area contributed by atoms with E-state index in [9.17, 15) is 10.2 Å². The van der Waals surface area contributed by atoms with Crippen LogP contribution in [0, 0.1) is 5.92 Å². The maximum Gasteiger partial charge on any atom is 0.0695 e. The van der Waals surface area contributed by atoms with Crippen LogP contribution in [0.3, 0.4) is 0 Å². The Morgan fingerprint density at radius 2 is 1.75 bits per heavy atom. The summed E-state index contributed by atoms with van der Waals surface area (Å²) in [5, 5.41) is 19.4. The number of aliphatic hydroxyl groups is 2. The quantitative estimate of drug-likeness (QED) is 0.716. The molecule has 3 heteroatoms. The van der Waals surface area contributed by atoms with Crippen molar-refractivity contribution in [1.82, 2.24) is 4.90 Å². The zero-order valence-corrected chi connectivity index (χ0v) is 10.3. The van der Waals surface area contributed by atoms with Crippen LogP contribution < -0.4 is 0 Å². The fourth-order valence-corrected chi connectivity index (χ4v) is 3.17. The Bertz CT molecular complexity index is 216. The van der Waals surface area contributed by atoms with E-state index in [0.717, 1.165) is 32.2 Å². The first kappa shape index (κ1) is 12.3. The SMILES string of the molecule is CN(CC1CC(O)C1)C1CCCCCC1O. The highest BCUT2D eigenvalue weighted by atomic mass is 16.3. The van der Waals surface area contributed by atoms with Crippen LogP contribution in [0.2, 0.25) is 0 Å². The molecular weight excluding hydrogens is 202 g/mol. The first-order valence-corrected chi connectivity index (χ1v) is 6.73. The molecule has 0 spiro atoms. The van der Waals surface area contributed by atoms with E-state index in [1.165, 1.54) is 19.3 Å². The maximum absolute atomic E-state index is 10.1.